The molecule has 2 unspecified atom stereocenters. The van der Waals surface area contributed by atoms with Gasteiger partial charge in [-0.15, -0.1) is 0 Å². The molecule has 3 N–H and O–H groups in total. The van der Waals surface area contributed by atoms with Crippen molar-refractivity contribution in [3.8, 4) is 0 Å². The minimum absolute atomic E-state index is 0.226. The molecule has 0 radical (unpaired) electrons. The molecule has 5 nitrogen and oxygen atoms in total. The van der Waals surface area contributed by atoms with E-state index in [1.807, 2.05) is 6.92 Å². The van der Waals surface area contributed by atoms with Crippen LogP contribution in [0.2, 0.25) is 0 Å². The molecule has 0 saturated heterocycles. The van der Waals surface area contributed by atoms with Crippen molar-refractivity contribution in [3.05, 3.63) is 23.4 Å². The first-order chi connectivity index (χ1) is 10.1. The monoisotopic (exact) mass is 292 g/mol. The topological polar surface area (TPSA) is 82.5 Å². The highest BCUT2D eigenvalue weighted by atomic mass is 16.4. The van der Waals surface area contributed by atoms with Crippen LogP contribution in [0.5, 0.6) is 0 Å². The molecule has 0 amide bonds. The molecular formula is C16H24N2O3. The van der Waals surface area contributed by atoms with Gasteiger partial charge in [-0.05, 0) is 31.4 Å². The van der Waals surface area contributed by atoms with Crippen LogP contribution in [0.1, 0.15) is 55.1 Å². The third kappa shape index (κ3) is 4.43. The molecule has 21 heavy (non-hydrogen) atoms. The summed E-state index contributed by atoms with van der Waals surface area (Å²) in [5.74, 6) is -0.115. The normalized spacial score (nSPS) is 22.0. The lowest BCUT2D eigenvalue weighted by Gasteiger charge is -2.27. The van der Waals surface area contributed by atoms with Crippen molar-refractivity contribution in [1.82, 2.24) is 4.98 Å². The van der Waals surface area contributed by atoms with Crippen molar-refractivity contribution in [2.24, 2.45) is 5.92 Å². The fourth-order valence-corrected chi connectivity index (χ4v) is 2.85. The van der Waals surface area contributed by atoms with Gasteiger partial charge in [-0.2, -0.15) is 0 Å². The predicted octanol–water partition coefficient (Wildman–Crippen LogP) is 2.70. The molecule has 2 atom stereocenters. The second-order valence-corrected chi connectivity index (χ2v) is 5.78. The van der Waals surface area contributed by atoms with Crippen molar-refractivity contribution in [3.63, 3.8) is 0 Å². The second kappa shape index (κ2) is 7.41. The summed E-state index contributed by atoms with van der Waals surface area (Å²) in [5.41, 5.74) is 1.06. The van der Waals surface area contributed by atoms with Crippen molar-refractivity contribution < 1.29 is 15.0 Å². The van der Waals surface area contributed by atoms with Crippen LogP contribution in [0.3, 0.4) is 0 Å². The highest BCUT2D eigenvalue weighted by Crippen LogP contribution is 2.24. The Morgan fingerprint density at radius 2 is 2.14 bits per heavy atom. The first kappa shape index (κ1) is 15.8. The van der Waals surface area contributed by atoms with Crippen LogP contribution in [0.25, 0.3) is 0 Å². The molecule has 0 aromatic carbocycles. The van der Waals surface area contributed by atoms with Gasteiger partial charge < -0.3 is 15.5 Å². The zero-order valence-electron chi connectivity index (χ0n) is 12.5. The molecule has 0 bridgehead atoms. The van der Waals surface area contributed by atoms with E-state index < -0.39 is 5.97 Å². The number of aryl methyl sites for hydroxylation is 1. The number of carboxylic acid groups (broad SMARTS) is 1. The molecular weight excluding hydrogens is 268 g/mol. The molecule has 1 aromatic rings. The zero-order valence-corrected chi connectivity index (χ0v) is 12.5. The van der Waals surface area contributed by atoms with Gasteiger partial charge >= 0.3 is 5.97 Å². The number of aromatic carboxylic acids is 1. The lowest BCUT2D eigenvalue weighted by atomic mass is 9.86. The van der Waals surface area contributed by atoms with Gasteiger partial charge in [-0.1, -0.05) is 26.2 Å². The Balaban J connectivity index is 2.05. The minimum Gasteiger partial charge on any atom is -0.478 e. The third-order valence-electron chi connectivity index (χ3n) is 4.05. The maximum Gasteiger partial charge on any atom is 0.335 e. The average molecular weight is 292 g/mol. The van der Waals surface area contributed by atoms with Crippen molar-refractivity contribution >= 4 is 11.8 Å². The Morgan fingerprint density at radius 1 is 1.38 bits per heavy atom. The molecule has 5 heteroatoms. The first-order valence-electron chi connectivity index (χ1n) is 7.76. The number of rotatable bonds is 6. The lowest BCUT2D eigenvalue weighted by Crippen LogP contribution is -2.30. The van der Waals surface area contributed by atoms with Crippen molar-refractivity contribution in [2.75, 3.05) is 11.9 Å². The fraction of sp³-hybridized carbons (Fsp3) is 0.625. The molecule has 0 spiro atoms. The van der Waals surface area contributed by atoms with Gasteiger partial charge in [0.25, 0.3) is 0 Å². The largest absolute Gasteiger partial charge is 0.478 e. The second-order valence-electron chi connectivity index (χ2n) is 5.78. The molecule has 1 aliphatic rings. The number of aliphatic hydroxyl groups excluding tert-OH is 1. The van der Waals surface area contributed by atoms with E-state index >= 15 is 0 Å². The van der Waals surface area contributed by atoms with Crippen LogP contribution in [0, 0.1) is 5.92 Å². The Labute approximate surface area is 125 Å². The Hall–Kier alpha value is -1.62. The number of carbonyl (C=O) groups is 1. The van der Waals surface area contributed by atoms with Gasteiger partial charge in [0.05, 0.1) is 11.7 Å². The molecule has 0 aliphatic heterocycles. The highest BCUT2D eigenvalue weighted by Gasteiger charge is 2.22. The van der Waals surface area contributed by atoms with Gasteiger partial charge in [0.15, 0.2) is 0 Å². The number of nitrogens with one attached hydrogen (secondary N) is 1. The molecule has 116 valence electrons. The molecule has 1 heterocycles. The molecule has 1 aliphatic carbocycles. The Bertz CT molecular complexity index is 490. The smallest absolute Gasteiger partial charge is 0.335 e. The summed E-state index contributed by atoms with van der Waals surface area (Å²) in [6.45, 7) is 2.68. The summed E-state index contributed by atoms with van der Waals surface area (Å²) in [5, 5.41) is 22.3. The van der Waals surface area contributed by atoms with Crippen LogP contribution in [-0.2, 0) is 6.42 Å². The highest BCUT2D eigenvalue weighted by molar-refractivity contribution is 5.88. The molecule has 1 aromatic heterocycles. The van der Waals surface area contributed by atoms with Crippen LogP contribution in [0.15, 0.2) is 12.1 Å². The van der Waals surface area contributed by atoms with Crippen LogP contribution < -0.4 is 5.32 Å². The zero-order chi connectivity index (χ0) is 15.2. The van der Waals surface area contributed by atoms with E-state index in [0.717, 1.165) is 44.2 Å². The summed E-state index contributed by atoms with van der Waals surface area (Å²) in [4.78, 5) is 15.6. The summed E-state index contributed by atoms with van der Waals surface area (Å²) < 4.78 is 0. The number of pyridine rings is 1. The summed E-state index contributed by atoms with van der Waals surface area (Å²) >= 11 is 0. The average Bonchev–Trinajstić information content (AvgIpc) is 2.46. The van der Waals surface area contributed by atoms with E-state index in [2.05, 4.69) is 10.3 Å². The number of nitrogens with zero attached hydrogens (tertiary/aromatic N) is 1. The number of aliphatic hydroxyl groups is 1. The molecule has 1 fully saturated rings. The van der Waals surface area contributed by atoms with Gasteiger partial charge in [0.2, 0.25) is 0 Å². The summed E-state index contributed by atoms with van der Waals surface area (Å²) in [7, 11) is 0. The fourth-order valence-electron chi connectivity index (χ4n) is 2.85. The quantitative estimate of drug-likeness (QED) is 0.751. The Morgan fingerprint density at radius 3 is 2.81 bits per heavy atom. The standard InChI is InChI=1S/C16H24N2O3/c1-2-5-13-8-12(16(20)21)9-15(18-13)17-10-11-6-3-4-7-14(11)19/h8-9,11,14,19H,2-7,10H2,1H3,(H,17,18)(H,20,21). The number of anilines is 1. The van der Waals surface area contributed by atoms with Crippen LogP contribution in [-0.4, -0.2) is 33.8 Å². The van der Waals surface area contributed by atoms with Gasteiger partial charge in [0.1, 0.15) is 5.82 Å². The third-order valence-corrected chi connectivity index (χ3v) is 4.05. The maximum absolute atomic E-state index is 11.2. The number of aromatic nitrogens is 1. The predicted molar refractivity (Wildman–Crippen MR) is 81.6 cm³/mol. The number of carboxylic acids is 1. The van der Waals surface area contributed by atoms with Crippen LogP contribution in [0.4, 0.5) is 5.82 Å². The van der Waals surface area contributed by atoms with Crippen molar-refractivity contribution in [1.29, 1.82) is 0 Å². The number of hydrogen-bond donors (Lipinski definition) is 3. The maximum atomic E-state index is 11.2. The number of hydrogen-bond acceptors (Lipinski definition) is 4. The van der Waals surface area contributed by atoms with E-state index in [1.54, 1.807) is 12.1 Å². The van der Waals surface area contributed by atoms with E-state index in [9.17, 15) is 9.90 Å². The van der Waals surface area contributed by atoms with E-state index in [-0.39, 0.29) is 17.6 Å². The minimum atomic E-state index is -0.935. The molecule has 2 rings (SSSR count). The van der Waals surface area contributed by atoms with Gasteiger partial charge in [-0.3, -0.25) is 0 Å². The van der Waals surface area contributed by atoms with E-state index in [1.165, 1.54) is 0 Å². The van der Waals surface area contributed by atoms with Crippen molar-refractivity contribution in [2.45, 2.75) is 51.6 Å². The van der Waals surface area contributed by atoms with E-state index in [4.69, 9.17) is 5.11 Å². The van der Waals surface area contributed by atoms with Crippen LogP contribution >= 0.6 is 0 Å². The lowest BCUT2D eigenvalue weighted by molar-refractivity contribution is 0.0696. The summed E-state index contributed by atoms with van der Waals surface area (Å²) in [6, 6.07) is 3.20. The van der Waals surface area contributed by atoms with E-state index in [0.29, 0.717) is 12.4 Å². The first-order valence-corrected chi connectivity index (χ1v) is 7.76. The SMILES string of the molecule is CCCc1cc(C(=O)O)cc(NCC2CCCCC2O)n1. The summed E-state index contributed by atoms with van der Waals surface area (Å²) in [6.07, 6.45) is 5.53. The Kier molecular flexibility index (Phi) is 5.56. The van der Waals surface area contributed by atoms with Gasteiger partial charge in [0, 0.05) is 18.2 Å². The molecule has 1 saturated carbocycles. The van der Waals surface area contributed by atoms with Gasteiger partial charge in [-0.25, -0.2) is 9.78 Å².